The van der Waals surface area contributed by atoms with Crippen molar-refractivity contribution in [3.8, 4) is 0 Å². The van der Waals surface area contributed by atoms with Gasteiger partial charge >= 0.3 is 0 Å². The van der Waals surface area contributed by atoms with E-state index in [0.29, 0.717) is 24.0 Å². The van der Waals surface area contributed by atoms with Gasteiger partial charge in [0.2, 0.25) is 5.91 Å². The van der Waals surface area contributed by atoms with E-state index in [4.69, 9.17) is 12.2 Å². The first-order chi connectivity index (χ1) is 12.5. The third-order valence-corrected chi connectivity index (χ3v) is 6.66. The molecule has 1 aliphatic carbocycles. The van der Waals surface area contributed by atoms with Crippen LogP contribution in [0.15, 0.2) is 18.2 Å². The number of hydrogen-bond donors (Lipinski definition) is 2. The molecule has 0 spiro atoms. The number of piperidine rings is 2. The highest BCUT2D eigenvalue weighted by Gasteiger charge is 2.41. The van der Waals surface area contributed by atoms with Crippen LogP contribution in [-0.2, 0) is 4.79 Å². The Kier molecular flexibility index (Phi) is 4.91. The standard InChI is InChI=1S/C21H29N3OS/c1-13-5-3-8-19(14(13)2)23-21(26)24-17-6-4-7-18(24)12-16(11-17)22-20(25)15-9-10-15/h3,5,8,15-18H,4,6-7,9-12H2,1-2H3,(H,22,25)(H,23,26)/t17-,18-/m1/s1. The summed E-state index contributed by atoms with van der Waals surface area (Å²) < 4.78 is 0. The first-order valence-electron chi connectivity index (χ1n) is 9.99. The Morgan fingerprint density at radius 3 is 2.46 bits per heavy atom. The van der Waals surface area contributed by atoms with E-state index in [1.165, 1.54) is 30.4 Å². The molecule has 3 aliphatic rings. The van der Waals surface area contributed by atoms with Gasteiger partial charge in [0.1, 0.15) is 0 Å². The predicted octanol–water partition coefficient (Wildman–Crippen LogP) is 3.91. The fourth-order valence-electron chi connectivity index (χ4n) is 4.56. The third-order valence-electron chi connectivity index (χ3n) is 6.35. The van der Waals surface area contributed by atoms with E-state index in [0.717, 1.165) is 36.5 Å². The molecule has 2 heterocycles. The summed E-state index contributed by atoms with van der Waals surface area (Å²) in [6.07, 6.45) is 7.78. The second-order valence-electron chi connectivity index (χ2n) is 8.27. The normalized spacial score (nSPS) is 27.8. The lowest BCUT2D eigenvalue weighted by atomic mass is 9.82. The predicted molar refractivity (Wildman–Crippen MR) is 109 cm³/mol. The highest BCUT2D eigenvalue weighted by atomic mass is 32.1. The second-order valence-corrected chi connectivity index (χ2v) is 8.66. The molecule has 5 heteroatoms. The SMILES string of the molecule is Cc1cccc(NC(=S)N2[C@@H]3CCC[C@@H]2CC(NC(=O)C2CC2)C3)c1C. The number of rotatable bonds is 3. The zero-order valence-electron chi connectivity index (χ0n) is 15.8. The Hall–Kier alpha value is -1.62. The smallest absolute Gasteiger partial charge is 0.223 e. The minimum absolute atomic E-state index is 0.276. The van der Waals surface area contributed by atoms with Gasteiger partial charge in [-0.15, -0.1) is 0 Å². The lowest BCUT2D eigenvalue weighted by Crippen LogP contribution is -2.59. The van der Waals surface area contributed by atoms with Gasteiger partial charge in [-0.2, -0.15) is 0 Å². The molecular formula is C21H29N3OS. The molecule has 4 nitrogen and oxygen atoms in total. The van der Waals surface area contributed by atoms with Crippen molar-refractivity contribution in [3.63, 3.8) is 0 Å². The molecule has 1 aromatic carbocycles. The number of benzene rings is 1. The quantitative estimate of drug-likeness (QED) is 0.791. The van der Waals surface area contributed by atoms with Gasteiger partial charge in [0.05, 0.1) is 0 Å². The van der Waals surface area contributed by atoms with E-state index in [1.54, 1.807) is 0 Å². The van der Waals surface area contributed by atoms with Gasteiger partial charge < -0.3 is 15.5 Å². The molecule has 0 unspecified atom stereocenters. The lowest BCUT2D eigenvalue weighted by molar-refractivity contribution is -0.123. The molecule has 2 saturated heterocycles. The van der Waals surface area contributed by atoms with Crippen LogP contribution >= 0.6 is 12.2 Å². The molecule has 140 valence electrons. The molecule has 1 amide bonds. The minimum atomic E-state index is 0.276. The van der Waals surface area contributed by atoms with Crippen molar-refractivity contribution in [2.75, 3.05) is 5.32 Å². The van der Waals surface area contributed by atoms with E-state index in [9.17, 15) is 4.79 Å². The second kappa shape index (κ2) is 7.18. The van der Waals surface area contributed by atoms with Gasteiger partial charge in [-0.05, 0) is 88.2 Å². The Bertz CT molecular complexity index is 701. The van der Waals surface area contributed by atoms with Gasteiger partial charge in [0.15, 0.2) is 5.11 Å². The Labute approximate surface area is 161 Å². The van der Waals surface area contributed by atoms with Crippen molar-refractivity contribution in [3.05, 3.63) is 29.3 Å². The van der Waals surface area contributed by atoms with Crippen molar-refractivity contribution in [1.29, 1.82) is 0 Å². The minimum Gasteiger partial charge on any atom is -0.353 e. The number of nitrogens with zero attached hydrogens (tertiary/aromatic N) is 1. The van der Waals surface area contributed by atoms with Gasteiger partial charge in [-0.3, -0.25) is 4.79 Å². The van der Waals surface area contributed by atoms with Crippen LogP contribution in [-0.4, -0.2) is 34.0 Å². The molecule has 2 N–H and O–H groups in total. The summed E-state index contributed by atoms with van der Waals surface area (Å²) in [6.45, 7) is 4.27. The van der Waals surface area contributed by atoms with Gasteiger partial charge in [-0.1, -0.05) is 12.1 Å². The van der Waals surface area contributed by atoms with Crippen molar-refractivity contribution in [2.45, 2.75) is 76.9 Å². The number of aryl methyl sites for hydroxylation is 1. The first kappa shape index (κ1) is 17.8. The van der Waals surface area contributed by atoms with E-state index in [2.05, 4.69) is 47.6 Å². The number of hydrogen-bond acceptors (Lipinski definition) is 2. The number of amides is 1. The molecule has 4 rings (SSSR count). The number of carbonyl (C=O) groups is 1. The number of thiocarbonyl (C=S) groups is 1. The number of anilines is 1. The maximum atomic E-state index is 12.2. The first-order valence-corrected chi connectivity index (χ1v) is 10.4. The molecule has 26 heavy (non-hydrogen) atoms. The summed E-state index contributed by atoms with van der Waals surface area (Å²) in [4.78, 5) is 14.6. The van der Waals surface area contributed by atoms with Gasteiger partial charge in [0.25, 0.3) is 0 Å². The van der Waals surface area contributed by atoms with Crippen LogP contribution in [0.4, 0.5) is 5.69 Å². The largest absolute Gasteiger partial charge is 0.353 e. The molecule has 0 radical (unpaired) electrons. The van der Waals surface area contributed by atoms with E-state index in [-0.39, 0.29) is 5.91 Å². The fraction of sp³-hybridized carbons (Fsp3) is 0.619. The zero-order chi connectivity index (χ0) is 18.3. The van der Waals surface area contributed by atoms with Crippen LogP contribution in [0, 0.1) is 19.8 Å². The van der Waals surface area contributed by atoms with Gasteiger partial charge in [-0.25, -0.2) is 0 Å². The maximum absolute atomic E-state index is 12.2. The average molecular weight is 372 g/mol. The molecule has 0 aromatic heterocycles. The van der Waals surface area contributed by atoms with E-state index >= 15 is 0 Å². The van der Waals surface area contributed by atoms with Crippen LogP contribution in [0.3, 0.4) is 0 Å². The number of carbonyl (C=O) groups excluding carboxylic acids is 1. The Morgan fingerprint density at radius 2 is 1.81 bits per heavy atom. The molecule has 1 saturated carbocycles. The van der Waals surface area contributed by atoms with Crippen molar-refractivity contribution in [2.24, 2.45) is 5.92 Å². The van der Waals surface area contributed by atoms with Crippen LogP contribution in [0.25, 0.3) is 0 Å². The van der Waals surface area contributed by atoms with Crippen LogP contribution in [0.5, 0.6) is 0 Å². The number of fused-ring (bicyclic) bond motifs is 2. The Balaban J connectivity index is 1.44. The van der Waals surface area contributed by atoms with E-state index < -0.39 is 0 Å². The van der Waals surface area contributed by atoms with Crippen LogP contribution < -0.4 is 10.6 Å². The molecular weight excluding hydrogens is 342 g/mol. The highest BCUT2D eigenvalue weighted by Crippen LogP contribution is 2.36. The van der Waals surface area contributed by atoms with Crippen LogP contribution in [0.1, 0.15) is 56.1 Å². The fourth-order valence-corrected chi connectivity index (χ4v) is 4.97. The zero-order valence-corrected chi connectivity index (χ0v) is 16.6. The third kappa shape index (κ3) is 3.59. The number of nitrogens with one attached hydrogen (secondary N) is 2. The summed E-state index contributed by atoms with van der Waals surface area (Å²) in [6, 6.07) is 7.51. The van der Waals surface area contributed by atoms with Crippen molar-refractivity contribution < 1.29 is 4.79 Å². The topological polar surface area (TPSA) is 44.4 Å². The van der Waals surface area contributed by atoms with E-state index in [1.807, 2.05) is 0 Å². The molecule has 3 fully saturated rings. The summed E-state index contributed by atoms with van der Waals surface area (Å²) in [5, 5.41) is 7.66. The van der Waals surface area contributed by atoms with Crippen molar-refractivity contribution in [1.82, 2.24) is 10.2 Å². The summed E-state index contributed by atoms with van der Waals surface area (Å²) in [5.74, 6) is 0.567. The molecule has 2 atom stereocenters. The maximum Gasteiger partial charge on any atom is 0.223 e. The summed E-state index contributed by atoms with van der Waals surface area (Å²) in [7, 11) is 0. The lowest BCUT2D eigenvalue weighted by Gasteiger charge is -2.50. The molecule has 2 aliphatic heterocycles. The summed E-state index contributed by atoms with van der Waals surface area (Å²) >= 11 is 5.82. The molecule has 1 aromatic rings. The average Bonchev–Trinajstić information content (AvgIpc) is 3.43. The van der Waals surface area contributed by atoms with Gasteiger partial charge in [0, 0.05) is 29.7 Å². The Morgan fingerprint density at radius 1 is 1.12 bits per heavy atom. The molecule has 2 bridgehead atoms. The monoisotopic (exact) mass is 371 g/mol. The summed E-state index contributed by atoms with van der Waals surface area (Å²) in [5.41, 5.74) is 3.64. The van der Waals surface area contributed by atoms with Crippen molar-refractivity contribution >= 4 is 28.9 Å². The van der Waals surface area contributed by atoms with Crippen LogP contribution in [0.2, 0.25) is 0 Å². The highest BCUT2D eigenvalue weighted by molar-refractivity contribution is 7.80.